The molecule has 0 fully saturated rings. The summed E-state index contributed by atoms with van der Waals surface area (Å²) in [6, 6.07) is 0. The smallest absolute Gasteiger partial charge is 0.370 e. The number of ether oxygens (including phenoxy) is 1. The van der Waals surface area contributed by atoms with Crippen LogP contribution in [0, 0.1) is 6.92 Å². The normalized spacial score (nSPS) is 11.7. The van der Waals surface area contributed by atoms with Crippen molar-refractivity contribution in [1.82, 2.24) is 9.97 Å². The Morgan fingerprint density at radius 2 is 1.89 bits per heavy atom. The highest BCUT2D eigenvalue weighted by atomic mass is 19.4. The topological polar surface area (TPSA) is 47.0 Å². The molecule has 0 atom stereocenters. The zero-order valence-corrected chi connectivity index (χ0v) is 11.3. The Morgan fingerprint density at radius 3 is 2.42 bits per heavy atom. The zero-order chi connectivity index (χ0) is 14.5. The molecule has 0 aliphatic heterocycles. The Bertz CT molecular complexity index is 421. The third-order valence-electron chi connectivity index (χ3n) is 2.47. The summed E-state index contributed by atoms with van der Waals surface area (Å²) < 4.78 is 40.5. The van der Waals surface area contributed by atoms with Crippen LogP contribution in [0.15, 0.2) is 0 Å². The summed E-state index contributed by atoms with van der Waals surface area (Å²) in [6.07, 6.45) is -3.64. The summed E-state index contributed by atoms with van der Waals surface area (Å²) in [4.78, 5) is 8.39. The Labute approximate surface area is 110 Å². The van der Waals surface area contributed by atoms with Gasteiger partial charge >= 0.3 is 6.18 Å². The summed E-state index contributed by atoms with van der Waals surface area (Å²) in [5.74, 6) is 0.919. The van der Waals surface area contributed by atoms with Crippen molar-refractivity contribution in [3.8, 4) is 0 Å². The van der Waals surface area contributed by atoms with Crippen molar-refractivity contribution in [3.63, 3.8) is 0 Å². The quantitative estimate of drug-likeness (QED) is 0.868. The molecule has 1 aromatic heterocycles. The van der Waals surface area contributed by atoms with Crippen molar-refractivity contribution in [2.45, 2.75) is 40.0 Å². The number of nitrogens with one attached hydrogen (secondary N) is 1. The lowest BCUT2D eigenvalue weighted by Gasteiger charge is -2.13. The molecular formula is C12H18F3N3O. The third-order valence-corrected chi connectivity index (χ3v) is 2.47. The fourth-order valence-corrected chi connectivity index (χ4v) is 1.62. The highest BCUT2D eigenvalue weighted by Gasteiger charge is 2.27. The van der Waals surface area contributed by atoms with Crippen molar-refractivity contribution >= 4 is 5.82 Å². The lowest BCUT2D eigenvalue weighted by atomic mass is 10.2. The van der Waals surface area contributed by atoms with Gasteiger partial charge in [-0.3, -0.25) is 0 Å². The van der Waals surface area contributed by atoms with Gasteiger partial charge in [0.1, 0.15) is 19.0 Å². The van der Waals surface area contributed by atoms with Gasteiger partial charge < -0.3 is 10.1 Å². The van der Waals surface area contributed by atoms with Crippen LogP contribution in [-0.2, 0) is 17.8 Å². The van der Waals surface area contributed by atoms with Crippen LogP contribution >= 0.6 is 0 Å². The number of alkyl halides is 3. The van der Waals surface area contributed by atoms with Crippen LogP contribution in [0.4, 0.5) is 19.0 Å². The molecule has 4 nitrogen and oxygen atoms in total. The maximum atomic E-state index is 12.0. The van der Waals surface area contributed by atoms with Crippen LogP contribution in [0.25, 0.3) is 0 Å². The molecule has 0 saturated carbocycles. The van der Waals surface area contributed by atoms with Crippen LogP contribution < -0.4 is 5.32 Å². The average molecular weight is 277 g/mol. The van der Waals surface area contributed by atoms with E-state index in [-0.39, 0.29) is 12.4 Å². The molecule has 0 saturated heterocycles. The maximum Gasteiger partial charge on any atom is 0.411 e. The number of anilines is 1. The average Bonchev–Trinajstić information content (AvgIpc) is 2.31. The van der Waals surface area contributed by atoms with E-state index in [4.69, 9.17) is 0 Å². The second-order valence-corrected chi connectivity index (χ2v) is 4.05. The summed E-state index contributed by atoms with van der Waals surface area (Å²) in [6.45, 7) is 4.90. The van der Waals surface area contributed by atoms with Gasteiger partial charge in [-0.05, 0) is 20.3 Å². The van der Waals surface area contributed by atoms with E-state index in [0.717, 1.165) is 11.3 Å². The Balaban J connectivity index is 2.80. The predicted molar refractivity (Wildman–Crippen MR) is 66.0 cm³/mol. The first-order valence-electron chi connectivity index (χ1n) is 6.12. The van der Waals surface area contributed by atoms with Crippen molar-refractivity contribution in [2.24, 2.45) is 0 Å². The molecular weight excluding hydrogens is 259 g/mol. The standard InChI is InChI=1S/C12H18F3N3O/c1-4-9-8(3)11(16-5-2)18-10(17-9)6-19-7-12(13,14)15/h4-7H2,1-3H3,(H,16,17,18). The van der Waals surface area contributed by atoms with Crippen LogP contribution in [0.1, 0.15) is 30.9 Å². The minimum atomic E-state index is -4.33. The summed E-state index contributed by atoms with van der Waals surface area (Å²) >= 11 is 0. The van der Waals surface area contributed by atoms with Gasteiger partial charge in [0.15, 0.2) is 5.82 Å². The first-order chi connectivity index (χ1) is 8.87. The molecule has 0 unspecified atom stereocenters. The number of aryl methyl sites for hydroxylation is 1. The van der Waals surface area contributed by atoms with E-state index in [0.29, 0.717) is 18.8 Å². The highest BCUT2D eigenvalue weighted by Crippen LogP contribution is 2.18. The van der Waals surface area contributed by atoms with E-state index in [1.54, 1.807) is 0 Å². The van der Waals surface area contributed by atoms with Gasteiger partial charge in [0.25, 0.3) is 0 Å². The van der Waals surface area contributed by atoms with Gasteiger partial charge in [-0.15, -0.1) is 0 Å². The first-order valence-corrected chi connectivity index (χ1v) is 6.12. The largest absolute Gasteiger partial charge is 0.411 e. The number of hydrogen-bond acceptors (Lipinski definition) is 4. The van der Waals surface area contributed by atoms with Crippen LogP contribution in [0.5, 0.6) is 0 Å². The Kier molecular flexibility index (Phi) is 5.53. The molecule has 0 aromatic carbocycles. The van der Waals surface area contributed by atoms with Crippen molar-refractivity contribution < 1.29 is 17.9 Å². The minimum absolute atomic E-state index is 0.245. The summed E-state index contributed by atoms with van der Waals surface area (Å²) in [5, 5.41) is 3.07. The van der Waals surface area contributed by atoms with Gasteiger partial charge in [0, 0.05) is 17.8 Å². The van der Waals surface area contributed by atoms with Crippen LogP contribution in [-0.4, -0.2) is 29.3 Å². The van der Waals surface area contributed by atoms with Crippen molar-refractivity contribution in [3.05, 3.63) is 17.1 Å². The van der Waals surface area contributed by atoms with E-state index in [9.17, 15) is 13.2 Å². The molecule has 0 aliphatic carbocycles. The van der Waals surface area contributed by atoms with Crippen molar-refractivity contribution in [2.75, 3.05) is 18.5 Å². The summed E-state index contributed by atoms with van der Waals surface area (Å²) in [7, 11) is 0. The van der Waals surface area contributed by atoms with E-state index in [1.807, 2.05) is 20.8 Å². The van der Waals surface area contributed by atoms with E-state index in [1.165, 1.54) is 0 Å². The first kappa shape index (κ1) is 15.7. The number of rotatable bonds is 6. The Hall–Kier alpha value is -1.37. The molecule has 1 heterocycles. The molecule has 108 valence electrons. The zero-order valence-electron chi connectivity index (χ0n) is 11.3. The molecule has 1 N–H and O–H groups in total. The SMILES string of the molecule is CCNc1nc(COCC(F)(F)F)nc(CC)c1C. The minimum Gasteiger partial charge on any atom is -0.370 e. The fraction of sp³-hybridized carbons (Fsp3) is 0.667. The summed E-state index contributed by atoms with van der Waals surface area (Å²) in [5.41, 5.74) is 1.74. The van der Waals surface area contributed by atoms with E-state index >= 15 is 0 Å². The van der Waals surface area contributed by atoms with E-state index in [2.05, 4.69) is 20.0 Å². The predicted octanol–water partition coefficient (Wildman–Crippen LogP) is 2.86. The molecule has 0 bridgehead atoms. The molecule has 19 heavy (non-hydrogen) atoms. The maximum absolute atomic E-state index is 12.0. The fourth-order valence-electron chi connectivity index (χ4n) is 1.62. The van der Waals surface area contributed by atoms with Crippen molar-refractivity contribution in [1.29, 1.82) is 0 Å². The molecule has 1 rings (SSSR count). The molecule has 1 aromatic rings. The number of aromatic nitrogens is 2. The van der Waals surface area contributed by atoms with Gasteiger partial charge in [0.2, 0.25) is 0 Å². The highest BCUT2D eigenvalue weighted by molar-refractivity contribution is 5.45. The third kappa shape index (κ3) is 5.02. The number of nitrogens with zero attached hydrogens (tertiary/aromatic N) is 2. The van der Waals surface area contributed by atoms with Gasteiger partial charge in [-0.25, -0.2) is 9.97 Å². The molecule has 0 spiro atoms. The van der Waals surface area contributed by atoms with Gasteiger partial charge in [-0.2, -0.15) is 13.2 Å². The van der Waals surface area contributed by atoms with Crippen LogP contribution in [0.2, 0.25) is 0 Å². The van der Waals surface area contributed by atoms with Crippen LogP contribution in [0.3, 0.4) is 0 Å². The molecule has 0 amide bonds. The molecule has 0 aliphatic rings. The monoisotopic (exact) mass is 277 g/mol. The second-order valence-electron chi connectivity index (χ2n) is 4.05. The number of hydrogen-bond donors (Lipinski definition) is 1. The van der Waals surface area contributed by atoms with Gasteiger partial charge in [0.05, 0.1) is 0 Å². The molecule has 7 heteroatoms. The second kappa shape index (κ2) is 6.70. The van der Waals surface area contributed by atoms with Gasteiger partial charge in [-0.1, -0.05) is 6.92 Å². The van der Waals surface area contributed by atoms with E-state index < -0.39 is 12.8 Å². The lowest BCUT2D eigenvalue weighted by Crippen LogP contribution is -2.18. The lowest BCUT2D eigenvalue weighted by molar-refractivity contribution is -0.177. The Morgan fingerprint density at radius 1 is 1.21 bits per heavy atom. The number of halogens is 3. The molecule has 0 radical (unpaired) electrons.